The van der Waals surface area contributed by atoms with Gasteiger partial charge >= 0.3 is 5.97 Å². The van der Waals surface area contributed by atoms with Crippen LogP contribution in [0.4, 0.5) is 0 Å². The second kappa shape index (κ2) is 12.2. The molecule has 200 valence electrons. The van der Waals surface area contributed by atoms with Gasteiger partial charge in [-0.2, -0.15) is 0 Å². The summed E-state index contributed by atoms with van der Waals surface area (Å²) in [5, 5.41) is 1.17. The van der Waals surface area contributed by atoms with Gasteiger partial charge in [-0.3, -0.25) is 0 Å². The molecule has 0 atom stereocenters. The van der Waals surface area contributed by atoms with Crippen molar-refractivity contribution in [2.24, 2.45) is 0 Å². The smallest absolute Gasteiger partial charge is 0.337 e. The van der Waals surface area contributed by atoms with E-state index in [0.29, 0.717) is 27.1 Å². The van der Waals surface area contributed by atoms with Crippen LogP contribution in [-0.2, 0) is 11.3 Å². The minimum atomic E-state index is -0.377. The third kappa shape index (κ3) is 6.28. The number of hydrogen-bond donors (Lipinski definition) is 0. The SMILES string of the molecule is CCn1cc(-c2ccc(Cl)cc2Cl)nc1/C=C/c1ccc(-c2ccc(Oc3ccc(C(=O)OC)cc3)cc2)cc1. The summed E-state index contributed by atoms with van der Waals surface area (Å²) in [6.45, 7) is 2.87. The molecule has 40 heavy (non-hydrogen) atoms. The lowest BCUT2D eigenvalue weighted by Crippen LogP contribution is -2.00. The summed E-state index contributed by atoms with van der Waals surface area (Å²) in [5.41, 5.74) is 5.38. The number of imidazole rings is 1. The first-order valence-corrected chi connectivity index (χ1v) is 13.5. The van der Waals surface area contributed by atoms with Gasteiger partial charge in [0, 0.05) is 23.3 Å². The fourth-order valence-electron chi connectivity index (χ4n) is 4.23. The minimum Gasteiger partial charge on any atom is -0.465 e. The molecule has 0 bridgehead atoms. The van der Waals surface area contributed by atoms with E-state index >= 15 is 0 Å². The van der Waals surface area contributed by atoms with Gasteiger partial charge in [-0.15, -0.1) is 0 Å². The van der Waals surface area contributed by atoms with Crippen molar-refractivity contribution in [3.63, 3.8) is 0 Å². The summed E-state index contributed by atoms with van der Waals surface area (Å²) in [7, 11) is 1.36. The Balaban J connectivity index is 1.26. The Morgan fingerprint density at radius 2 is 1.48 bits per heavy atom. The standard InChI is InChI=1S/C33H26Cl2N2O3/c1-3-37-21-31(29-18-13-26(34)20-30(29)35)36-32(37)19-6-22-4-7-23(8-5-22)24-9-14-27(15-10-24)40-28-16-11-25(12-17-28)33(38)39-2/h4-21H,3H2,1-2H3/b19-6+. The summed E-state index contributed by atoms with van der Waals surface area (Å²) in [6.07, 6.45) is 6.06. The molecule has 5 rings (SSSR count). The van der Waals surface area contributed by atoms with Crippen LogP contribution in [0.25, 0.3) is 34.5 Å². The number of benzene rings is 4. The molecular weight excluding hydrogens is 543 g/mol. The van der Waals surface area contributed by atoms with Gasteiger partial charge in [0.1, 0.15) is 17.3 Å². The predicted octanol–water partition coefficient (Wildman–Crippen LogP) is 9.29. The second-order valence-corrected chi connectivity index (χ2v) is 9.84. The van der Waals surface area contributed by atoms with Crippen LogP contribution in [-0.4, -0.2) is 22.6 Å². The van der Waals surface area contributed by atoms with Gasteiger partial charge < -0.3 is 14.0 Å². The van der Waals surface area contributed by atoms with E-state index in [1.807, 2.05) is 54.7 Å². The Morgan fingerprint density at radius 1 is 0.850 bits per heavy atom. The topological polar surface area (TPSA) is 53.4 Å². The quantitative estimate of drug-likeness (QED) is 0.175. The Morgan fingerprint density at radius 3 is 2.08 bits per heavy atom. The predicted molar refractivity (Wildman–Crippen MR) is 162 cm³/mol. The highest BCUT2D eigenvalue weighted by Gasteiger charge is 2.11. The van der Waals surface area contributed by atoms with E-state index in [2.05, 4.69) is 35.8 Å². The first kappa shape index (κ1) is 27.3. The average Bonchev–Trinajstić information content (AvgIpc) is 3.39. The fraction of sp³-hybridized carbons (Fsp3) is 0.0909. The third-order valence-corrected chi connectivity index (χ3v) is 6.94. The molecule has 0 amide bonds. The highest BCUT2D eigenvalue weighted by Crippen LogP contribution is 2.30. The molecule has 0 saturated heterocycles. The maximum Gasteiger partial charge on any atom is 0.337 e. The highest BCUT2D eigenvalue weighted by atomic mass is 35.5. The van der Waals surface area contributed by atoms with Gasteiger partial charge in [-0.25, -0.2) is 9.78 Å². The van der Waals surface area contributed by atoms with Gasteiger partial charge in [-0.1, -0.05) is 65.7 Å². The van der Waals surface area contributed by atoms with Crippen molar-refractivity contribution in [3.05, 3.63) is 124 Å². The first-order chi connectivity index (χ1) is 19.4. The normalized spacial score (nSPS) is 11.1. The van der Waals surface area contributed by atoms with E-state index in [0.717, 1.165) is 40.3 Å². The number of aromatic nitrogens is 2. The van der Waals surface area contributed by atoms with E-state index in [9.17, 15) is 4.79 Å². The first-order valence-electron chi connectivity index (χ1n) is 12.7. The van der Waals surface area contributed by atoms with Crippen molar-refractivity contribution < 1.29 is 14.3 Å². The molecule has 0 aliphatic carbocycles. The van der Waals surface area contributed by atoms with Crippen LogP contribution in [0.5, 0.6) is 11.5 Å². The minimum absolute atomic E-state index is 0.377. The lowest BCUT2D eigenvalue weighted by Gasteiger charge is -2.08. The van der Waals surface area contributed by atoms with Crippen LogP contribution < -0.4 is 4.74 Å². The Bertz CT molecular complexity index is 1660. The number of halogens is 2. The summed E-state index contributed by atoms with van der Waals surface area (Å²) in [4.78, 5) is 16.4. The molecule has 7 heteroatoms. The van der Waals surface area contributed by atoms with Crippen LogP contribution in [0.1, 0.15) is 28.7 Å². The van der Waals surface area contributed by atoms with Crippen molar-refractivity contribution >= 4 is 41.3 Å². The largest absolute Gasteiger partial charge is 0.465 e. The van der Waals surface area contributed by atoms with Gasteiger partial charge in [0.25, 0.3) is 0 Å². The summed E-state index contributed by atoms with van der Waals surface area (Å²) in [5.74, 6) is 1.82. The Hall–Kier alpha value is -4.32. The monoisotopic (exact) mass is 568 g/mol. The van der Waals surface area contributed by atoms with Crippen LogP contribution in [0.15, 0.2) is 97.2 Å². The van der Waals surface area contributed by atoms with E-state index in [4.69, 9.17) is 37.7 Å². The number of ether oxygens (including phenoxy) is 2. The maximum absolute atomic E-state index is 11.6. The van der Waals surface area contributed by atoms with Crippen molar-refractivity contribution in [3.8, 4) is 33.9 Å². The number of nitrogens with zero attached hydrogens (tertiary/aromatic N) is 2. The fourth-order valence-corrected chi connectivity index (χ4v) is 4.73. The number of hydrogen-bond acceptors (Lipinski definition) is 4. The lowest BCUT2D eigenvalue weighted by molar-refractivity contribution is 0.0600. The van der Waals surface area contributed by atoms with Crippen LogP contribution in [0.3, 0.4) is 0 Å². The number of aryl methyl sites for hydroxylation is 1. The van der Waals surface area contributed by atoms with E-state index in [1.54, 1.807) is 30.3 Å². The molecule has 0 aliphatic heterocycles. The van der Waals surface area contributed by atoms with Crippen molar-refractivity contribution in [1.82, 2.24) is 9.55 Å². The lowest BCUT2D eigenvalue weighted by atomic mass is 10.0. The van der Waals surface area contributed by atoms with Crippen LogP contribution in [0.2, 0.25) is 10.0 Å². The molecule has 0 spiro atoms. The molecule has 0 radical (unpaired) electrons. The van der Waals surface area contributed by atoms with Gasteiger partial charge in [0.05, 0.1) is 23.4 Å². The maximum atomic E-state index is 11.6. The molecule has 1 aromatic heterocycles. The molecule has 0 saturated carbocycles. The molecule has 0 unspecified atom stereocenters. The molecule has 0 N–H and O–H groups in total. The molecule has 5 nitrogen and oxygen atoms in total. The van der Waals surface area contributed by atoms with Gasteiger partial charge in [0.2, 0.25) is 0 Å². The van der Waals surface area contributed by atoms with Gasteiger partial charge in [-0.05, 0) is 84.3 Å². The average molecular weight is 569 g/mol. The van der Waals surface area contributed by atoms with Crippen LogP contribution in [0, 0.1) is 0 Å². The number of carbonyl (C=O) groups excluding carboxylic acids is 1. The molecular formula is C33H26Cl2N2O3. The molecule has 0 aliphatic rings. The van der Waals surface area contributed by atoms with E-state index in [1.165, 1.54) is 7.11 Å². The zero-order valence-electron chi connectivity index (χ0n) is 22.0. The zero-order valence-corrected chi connectivity index (χ0v) is 23.5. The Kier molecular flexibility index (Phi) is 8.34. The van der Waals surface area contributed by atoms with E-state index < -0.39 is 0 Å². The Labute approximate surface area is 243 Å². The van der Waals surface area contributed by atoms with Crippen molar-refractivity contribution in [2.45, 2.75) is 13.5 Å². The summed E-state index contributed by atoms with van der Waals surface area (Å²) >= 11 is 12.4. The van der Waals surface area contributed by atoms with Crippen molar-refractivity contribution in [2.75, 3.05) is 7.11 Å². The van der Waals surface area contributed by atoms with Gasteiger partial charge in [0.15, 0.2) is 0 Å². The number of esters is 1. The molecule has 1 heterocycles. The molecule has 0 fully saturated rings. The molecule has 5 aromatic rings. The number of methoxy groups -OCH3 is 1. The van der Waals surface area contributed by atoms with Crippen LogP contribution >= 0.6 is 23.2 Å². The van der Waals surface area contributed by atoms with Crippen molar-refractivity contribution in [1.29, 1.82) is 0 Å². The summed E-state index contributed by atoms with van der Waals surface area (Å²) < 4.78 is 12.7. The summed E-state index contributed by atoms with van der Waals surface area (Å²) in [6, 6.07) is 28.5. The molecule has 4 aromatic carbocycles. The second-order valence-electron chi connectivity index (χ2n) is 8.99. The number of carbonyl (C=O) groups is 1. The van der Waals surface area contributed by atoms with E-state index in [-0.39, 0.29) is 5.97 Å². The highest BCUT2D eigenvalue weighted by molar-refractivity contribution is 6.36. The zero-order chi connectivity index (χ0) is 28.1. The number of rotatable bonds is 8. The third-order valence-electron chi connectivity index (χ3n) is 6.39.